The lowest BCUT2D eigenvalue weighted by atomic mass is 9.84. The zero-order valence-corrected chi connectivity index (χ0v) is 14.1. The molecule has 0 aliphatic heterocycles. The number of halogens is 2. The zero-order valence-electron chi connectivity index (χ0n) is 12.5. The minimum absolute atomic E-state index is 0.123. The number of fused-ring (bicyclic) bond motifs is 2. The van der Waals surface area contributed by atoms with Crippen molar-refractivity contribution in [2.45, 2.75) is 25.3 Å². The van der Waals surface area contributed by atoms with Crippen molar-refractivity contribution in [2.75, 3.05) is 7.11 Å². The predicted molar refractivity (Wildman–Crippen MR) is 83.9 cm³/mol. The molecule has 3 rings (SSSR count). The average molecular weight is 386 g/mol. The highest BCUT2D eigenvalue weighted by Crippen LogP contribution is 2.48. The molecule has 2 bridgehead atoms. The summed E-state index contributed by atoms with van der Waals surface area (Å²) in [6.07, 6.45) is 2.68. The van der Waals surface area contributed by atoms with Crippen molar-refractivity contribution in [2.24, 2.45) is 17.8 Å². The Hall–Kier alpha value is -1.63. The van der Waals surface area contributed by atoms with Crippen LogP contribution in [0.15, 0.2) is 16.6 Å². The molecule has 2 saturated carbocycles. The van der Waals surface area contributed by atoms with E-state index in [-0.39, 0.29) is 33.7 Å². The molecule has 2 aliphatic rings. The molecule has 0 heterocycles. The third-order valence-electron chi connectivity index (χ3n) is 4.99. The van der Waals surface area contributed by atoms with Gasteiger partial charge in [0.1, 0.15) is 11.6 Å². The molecule has 4 unspecified atom stereocenters. The van der Waals surface area contributed by atoms with E-state index in [0.717, 1.165) is 25.3 Å². The zero-order chi connectivity index (χ0) is 16.7. The van der Waals surface area contributed by atoms with Crippen LogP contribution in [-0.2, 0) is 4.79 Å². The Balaban J connectivity index is 1.84. The molecule has 2 aliphatic carbocycles. The van der Waals surface area contributed by atoms with E-state index in [0.29, 0.717) is 0 Å². The number of rotatable bonds is 4. The van der Waals surface area contributed by atoms with Gasteiger partial charge in [-0.25, -0.2) is 4.39 Å². The Morgan fingerprint density at radius 3 is 2.70 bits per heavy atom. The lowest BCUT2D eigenvalue weighted by Crippen LogP contribution is -2.46. The number of aliphatic carboxylic acids is 1. The summed E-state index contributed by atoms with van der Waals surface area (Å²) in [4.78, 5) is 24.1. The monoisotopic (exact) mass is 385 g/mol. The summed E-state index contributed by atoms with van der Waals surface area (Å²) in [5.74, 6) is -1.93. The molecule has 0 spiro atoms. The molecule has 5 nitrogen and oxygen atoms in total. The molecule has 2 N–H and O–H groups in total. The van der Waals surface area contributed by atoms with Crippen LogP contribution in [-0.4, -0.2) is 30.1 Å². The first-order valence-corrected chi connectivity index (χ1v) is 8.28. The third kappa shape index (κ3) is 2.82. The molecule has 7 heteroatoms. The molecule has 1 amide bonds. The molecular weight excluding hydrogens is 369 g/mol. The van der Waals surface area contributed by atoms with Crippen molar-refractivity contribution in [3.63, 3.8) is 0 Å². The van der Waals surface area contributed by atoms with Crippen LogP contribution >= 0.6 is 15.9 Å². The Bertz CT molecular complexity index is 666. The van der Waals surface area contributed by atoms with Crippen LogP contribution in [0.5, 0.6) is 5.75 Å². The number of nitrogens with one attached hydrogen (secondary N) is 1. The minimum Gasteiger partial charge on any atom is -0.496 e. The number of methoxy groups -OCH3 is 1. The van der Waals surface area contributed by atoms with E-state index in [1.54, 1.807) is 0 Å². The molecule has 124 valence electrons. The van der Waals surface area contributed by atoms with Crippen LogP contribution in [0.1, 0.15) is 29.6 Å². The second-order valence-electron chi connectivity index (χ2n) is 6.16. The summed E-state index contributed by atoms with van der Waals surface area (Å²) < 4.78 is 18.8. The number of carboxylic acids is 1. The average Bonchev–Trinajstić information content (AvgIpc) is 3.10. The summed E-state index contributed by atoms with van der Waals surface area (Å²) in [5, 5.41) is 12.3. The van der Waals surface area contributed by atoms with Gasteiger partial charge in [0.05, 0.1) is 23.1 Å². The molecule has 0 saturated heterocycles. The topological polar surface area (TPSA) is 75.6 Å². The molecule has 0 radical (unpaired) electrons. The number of carbonyl (C=O) groups is 2. The first-order valence-electron chi connectivity index (χ1n) is 7.49. The summed E-state index contributed by atoms with van der Waals surface area (Å²) in [5.41, 5.74) is 0.188. The van der Waals surface area contributed by atoms with Gasteiger partial charge in [-0.15, -0.1) is 0 Å². The van der Waals surface area contributed by atoms with E-state index in [4.69, 9.17) is 4.74 Å². The molecule has 1 aromatic rings. The highest BCUT2D eigenvalue weighted by Gasteiger charge is 2.51. The number of carbonyl (C=O) groups excluding carboxylic acids is 1. The fourth-order valence-corrected chi connectivity index (χ4v) is 4.30. The smallest absolute Gasteiger partial charge is 0.308 e. The van der Waals surface area contributed by atoms with Gasteiger partial charge < -0.3 is 15.2 Å². The van der Waals surface area contributed by atoms with E-state index >= 15 is 0 Å². The van der Waals surface area contributed by atoms with E-state index in [2.05, 4.69) is 21.2 Å². The van der Waals surface area contributed by atoms with Crippen molar-refractivity contribution in [1.82, 2.24) is 5.32 Å². The number of benzene rings is 1. The highest BCUT2D eigenvalue weighted by atomic mass is 79.9. The van der Waals surface area contributed by atoms with Gasteiger partial charge in [0, 0.05) is 12.1 Å². The first-order chi connectivity index (χ1) is 10.9. The number of carboxylic acid groups (broad SMARTS) is 1. The lowest BCUT2D eigenvalue weighted by molar-refractivity contribution is -0.144. The molecule has 2 fully saturated rings. The Kier molecular flexibility index (Phi) is 4.31. The van der Waals surface area contributed by atoms with Crippen molar-refractivity contribution in [3.8, 4) is 5.75 Å². The Morgan fingerprint density at radius 2 is 2.04 bits per heavy atom. The third-order valence-corrected chi connectivity index (χ3v) is 5.59. The SMILES string of the molecule is COc1cc(F)c(Br)cc1C(=O)NC1C2CCC(C2)C1C(=O)O. The fourth-order valence-electron chi connectivity index (χ4n) is 3.96. The Labute approximate surface area is 141 Å². The largest absolute Gasteiger partial charge is 0.496 e. The standard InChI is InChI=1S/C16H17BrFNO4/c1-23-12-6-11(18)10(17)5-9(12)15(20)19-14-8-3-2-7(4-8)13(14)16(21)22/h5-8,13-14H,2-4H2,1H3,(H,19,20)(H,21,22). The summed E-state index contributed by atoms with van der Waals surface area (Å²) >= 11 is 3.05. The summed E-state index contributed by atoms with van der Waals surface area (Å²) in [7, 11) is 1.36. The molecular formula is C16H17BrFNO4. The van der Waals surface area contributed by atoms with Gasteiger partial charge in [-0.05, 0) is 53.1 Å². The number of amides is 1. The van der Waals surface area contributed by atoms with Gasteiger partial charge >= 0.3 is 5.97 Å². The lowest BCUT2D eigenvalue weighted by Gasteiger charge is -2.29. The molecule has 1 aromatic carbocycles. The van der Waals surface area contributed by atoms with Crippen LogP contribution in [0, 0.1) is 23.6 Å². The maximum Gasteiger partial charge on any atom is 0.308 e. The van der Waals surface area contributed by atoms with E-state index in [1.807, 2.05) is 0 Å². The second kappa shape index (κ2) is 6.11. The summed E-state index contributed by atoms with van der Waals surface area (Å²) in [6, 6.07) is 2.10. The van der Waals surface area contributed by atoms with Crippen LogP contribution in [0.4, 0.5) is 4.39 Å². The minimum atomic E-state index is -0.866. The van der Waals surface area contributed by atoms with E-state index in [9.17, 15) is 19.1 Å². The van der Waals surface area contributed by atoms with Crippen LogP contribution in [0.25, 0.3) is 0 Å². The number of hydrogen-bond donors (Lipinski definition) is 2. The Morgan fingerprint density at radius 1 is 1.35 bits per heavy atom. The number of hydrogen-bond acceptors (Lipinski definition) is 3. The van der Waals surface area contributed by atoms with Crippen LogP contribution < -0.4 is 10.1 Å². The summed E-state index contributed by atoms with van der Waals surface area (Å²) in [6.45, 7) is 0. The van der Waals surface area contributed by atoms with E-state index in [1.165, 1.54) is 13.2 Å². The molecule has 4 atom stereocenters. The quantitative estimate of drug-likeness (QED) is 0.835. The van der Waals surface area contributed by atoms with Crippen molar-refractivity contribution in [3.05, 3.63) is 28.0 Å². The van der Waals surface area contributed by atoms with Crippen LogP contribution in [0.2, 0.25) is 0 Å². The van der Waals surface area contributed by atoms with Gasteiger partial charge in [-0.3, -0.25) is 9.59 Å². The second-order valence-corrected chi connectivity index (χ2v) is 7.02. The van der Waals surface area contributed by atoms with Gasteiger partial charge in [0.15, 0.2) is 0 Å². The van der Waals surface area contributed by atoms with Crippen molar-refractivity contribution < 1.29 is 23.8 Å². The number of ether oxygens (including phenoxy) is 1. The maximum atomic E-state index is 13.6. The first kappa shape index (κ1) is 16.2. The maximum absolute atomic E-state index is 13.6. The van der Waals surface area contributed by atoms with Gasteiger partial charge in [0.2, 0.25) is 0 Å². The van der Waals surface area contributed by atoms with Gasteiger partial charge in [-0.2, -0.15) is 0 Å². The highest BCUT2D eigenvalue weighted by molar-refractivity contribution is 9.10. The van der Waals surface area contributed by atoms with Gasteiger partial charge in [-0.1, -0.05) is 0 Å². The van der Waals surface area contributed by atoms with Crippen molar-refractivity contribution >= 4 is 27.8 Å². The molecule has 0 aromatic heterocycles. The van der Waals surface area contributed by atoms with E-state index < -0.39 is 23.6 Å². The fraction of sp³-hybridized carbons (Fsp3) is 0.500. The van der Waals surface area contributed by atoms with Crippen LogP contribution in [0.3, 0.4) is 0 Å². The van der Waals surface area contributed by atoms with Crippen molar-refractivity contribution in [1.29, 1.82) is 0 Å². The van der Waals surface area contributed by atoms with Gasteiger partial charge in [0.25, 0.3) is 5.91 Å². The molecule has 23 heavy (non-hydrogen) atoms. The normalized spacial score (nSPS) is 28.7. The predicted octanol–water partition coefficient (Wildman–Crippen LogP) is 2.83.